The molecule has 2 atom stereocenters. The summed E-state index contributed by atoms with van der Waals surface area (Å²) in [4.78, 5) is 61.4. The number of guanidine groups is 1. The maximum absolute atomic E-state index is 13.6. The number of aryl methyl sites for hydroxylation is 1. The molecule has 4 N–H and O–H groups in total. The van der Waals surface area contributed by atoms with Crippen molar-refractivity contribution >= 4 is 60.9 Å². The maximum atomic E-state index is 13.6. The number of thiazole rings is 1. The van der Waals surface area contributed by atoms with Gasteiger partial charge in [0, 0.05) is 31.2 Å². The van der Waals surface area contributed by atoms with Gasteiger partial charge in [-0.05, 0) is 44.0 Å². The first-order chi connectivity index (χ1) is 23.7. The first-order valence-electron chi connectivity index (χ1n) is 15.3. The number of nitrogens with zero attached hydrogens (tertiary/aromatic N) is 4. The zero-order valence-electron chi connectivity index (χ0n) is 27.2. The van der Waals surface area contributed by atoms with Crippen LogP contribution in [-0.4, -0.2) is 106 Å². The molecular weight excluding hydrogens is 711 g/mol. The molecule has 0 radical (unpaired) electrons. The third-order valence-electron chi connectivity index (χ3n) is 7.60. The molecule has 1 aromatic heterocycles. The molecule has 16 nitrogen and oxygen atoms in total. The lowest BCUT2D eigenvalue weighted by Gasteiger charge is -2.39. The van der Waals surface area contributed by atoms with Crippen molar-refractivity contribution in [3.8, 4) is 0 Å². The molecule has 0 saturated carbocycles. The van der Waals surface area contributed by atoms with Crippen molar-refractivity contribution in [3.05, 3.63) is 76.7 Å². The number of nitrogens with two attached hydrogens (primary N) is 1. The van der Waals surface area contributed by atoms with Crippen LogP contribution in [0.2, 0.25) is 0 Å². The molecular formula is C31H37N7O9S3. The van der Waals surface area contributed by atoms with Crippen LogP contribution >= 0.6 is 11.3 Å². The molecule has 0 unspecified atom stereocenters. The van der Waals surface area contributed by atoms with E-state index in [1.54, 1.807) is 23.6 Å². The smallest absolute Gasteiger partial charge is 0.307 e. The van der Waals surface area contributed by atoms with Crippen LogP contribution in [0.5, 0.6) is 0 Å². The fourth-order valence-corrected chi connectivity index (χ4v) is 8.22. The molecule has 0 bridgehead atoms. The number of rotatable bonds is 15. The van der Waals surface area contributed by atoms with E-state index < -0.39 is 68.7 Å². The molecule has 2 heterocycles. The number of amides is 2. The normalized spacial score (nSPS) is 16.4. The minimum atomic E-state index is -4.18. The highest BCUT2D eigenvalue weighted by atomic mass is 32.2. The standard InChI is InChI=1S/C31H37N7O9S3/c1-21-10-12-22(13-11-21)49(43,44)36-31(32)34-14-6-9-24(28(41)29-33-15-18-48-29)35-26(39)20-37-16-17-38(25(30(37)42)19-27(40)47-2)50(45,46)23-7-4-3-5-8-23/h3-5,7-8,10-13,15,18,24-25H,6,9,14,16-17,19-20H2,1-2H3,(H,35,39)(H3,32,34,36)/t24-,25-/m0/s1. The van der Waals surface area contributed by atoms with Crippen LogP contribution in [0.15, 0.2) is 81.0 Å². The summed E-state index contributed by atoms with van der Waals surface area (Å²) in [7, 11) is -7.03. The molecule has 268 valence electrons. The number of aromatic nitrogens is 1. The van der Waals surface area contributed by atoms with Crippen molar-refractivity contribution in [3.63, 3.8) is 0 Å². The molecule has 1 saturated heterocycles. The van der Waals surface area contributed by atoms with Crippen LogP contribution in [0.4, 0.5) is 0 Å². The van der Waals surface area contributed by atoms with Crippen LogP contribution in [0, 0.1) is 6.92 Å². The lowest BCUT2D eigenvalue weighted by atomic mass is 10.1. The van der Waals surface area contributed by atoms with Crippen molar-refractivity contribution in [1.82, 2.24) is 24.2 Å². The average Bonchev–Trinajstić information content (AvgIpc) is 3.63. The minimum Gasteiger partial charge on any atom is -0.469 e. The highest BCUT2D eigenvalue weighted by Gasteiger charge is 2.43. The quantitative estimate of drug-likeness (QED) is 0.0643. The van der Waals surface area contributed by atoms with E-state index in [1.165, 1.54) is 42.6 Å². The number of carbonyl (C=O) groups excluding carboxylic acids is 4. The Bertz CT molecular complexity index is 1920. The Morgan fingerprint density at radius 2 is 1.76 bits per heavy atom. The average molecular weight is 748 g/mol. The number of hydrogen-bond acceptors (Lipinski definition) is 12. The molecule has 0 aliphatic carbocycles. The molecule has 0 spiro atoms. The van der Waals surface area contributed by atoms with Gasteiger partial charge in [0.15, 0.2) is 5.01 Å². The van der Waals surface area contributed by atoms with Gasteiger partial charge in [-0.1, -0.05) is 35.9 Å². The summed E-state index contributed by atoms with van der Waals surface area (Å²) in [6.45, 7) is 0.939. The largest absolute Gasteiger partial charge is 0.469 e. The second-order valence-corrected chi connectivity index (χ2v) is 15.6. The van der Waals surface area contributed by atoms with Gasteiger partial charge in [0.1, 0.15) is 6.04 Å². The van der Waals surface area contributed by atoms with Gasteiger partial charge >= 0.3 is 5.97 Å². The van der Waals surface area contributed by atoms with Crippen molar-refractivity contribution in [2.75, 3.05) is 33.3 Å². The van der Waals surface area contributed by atoms with Crippen LogP contribution in [-0.2, 0) is 39.2 Å². The van der Waals surface area contributed by atoms with Crippen LogP contribution < -0.4 is 15.8 Å². The highest BCUT2D eigenvalue weighted by molar-refractivity contribution is 7.90. The first kappa shape index (κ1) is 38.1. The molecule has 1 fully saturated rings. The molecule has 4 rings (SSSR count). The van der Waals surface area contributed by atoms with E-state index in [0.29, 0.717) is 0 Å². The number of ketones is 1. The topological polar surface area (TPSA) is 228 Å². The zero-order valence-corrected chi connectivity index (χ0v) is 29.7. The summed E-state index contributed by atoms with van der Waals surface area (Å²) >= 11 is 1.07. The van der Waals surface area contributed by atoms with E-state index in [4.69, 9.17) is 10.5 Å². The Morgan fingerprint density at radius 1 is 1.06 bits per heavy atom. The molecule has 2 amide bonds. The van der Waals surface area contributed by atoms with Crippen LogP contribution in [0.1, 0.15) is 34.6 Å². The summed E-state index contributed by atoms with van der Waals surface area (Å²) in [5, 5.41) is 4.36. The summed E-state index contributed by atoms with van der Waals surface area (Å²) < 4.78 is 59.8. The van der Waals surface area contributed by atoms with E-state index >= 15 is 0 Å². The number of aliphatic imine (C=N–C) groups is 1. The Labute approximate surface area is 293 Å². The minimum absolute atomic E-state index is 0.00527. The Kier molecular flexibility index (Phi) is 12.8. The Balaban J connectivity index is 1.42. The number of esters is 1. The fourth-order valence-electron chi connectivity index (χ4n) is 5.04. The number of hydrogen-bond donors (Lipinski definition) is 3. The van der Waals surface area contributed by atoms with Crippen molar-refractivity contribution in [1.29, 1.82) is 0 Å². The summed E-state index contributed by atoms with van der Waals surface area (Å²) in [6, 6.07) is 11.0. The van der Waals surface area contributed by atoms with Crippen molar-refractivity contribution in [2.45, 2.75) is 48.1 Å². The van der Waals surface area contributed by atoms with E-state index in [0.717, 1.165) is 33.2 Å². The molecule has 3 aromatic rings. The van der Waals surface area contributed by atoms with E-state index in [1.807, 2.05) is 6.92 Å². The lowest BCUT2D eigenvalue weighted by Crippen LogP contribution is -2.60. The second-order valence-electron chi connectivity index (χ2n) is 11.1. The van der Waals surface area contributed by atoms with E-state index in [-0.39, 0.29) is 53.2 Å². The summed E-state index contributed by atoms with van der Waals surface area (Å²) in [5.74, 6) is -3.15. The van der Waals surface area contributed by atoms with Gasteiger partial charge in [0.2, 0.25) is 33.6 Å². The van der Waals surface area contributed by atoms with E-state index in [2.05, 4.69) is 20.0 Å². The number of sulfonamides is 2. The fraction of sp³-hybridized carbons (Fsp3) is 0.355. The monoisotopic (exact) mass is 747 g/mol. The molecule has 50 heavy (non-hydrogen) atoms. The first-order valence-corrected chi connectivity index (χ1v) is 19.1. The number of benzene rings is 2. The maximum Gasteiger partial charge on any atom is 0.307 e. The van der Waals surface area contributed by atoms with Gasteiger partial charge in [-0.2, -0.15) is 4.31 Å². The summed E-state index contributed by atoms with van der Waals surface area (Å²) in [6.07, 6.45) is 1.12. The molecule has 1 aliphatic rings. The van der Waals surface area contributed by atoms with Gasteiger partial charge in [-0.25, -0.2) is 26.5 Å². The third-order valence-corrected chi connectivity index (χ3v) is 11.7. The van der Waals surface area contributed by atoms with Gasteiger partial charge in [0.05, 0.1) is 35.9 Å². The van der Waals surface area contributed by atoms with Crippen LogP contribution in [0.25, 0.3) is 0 Å². The second kappa shape index (κ2) is 16.8. The number of Topliss-reactive ketones (excluding diaryl/α,β-unsaturated/α-hetero) is 1. The van der Waals surface area contributed by atoms with Gasteiger partial charge in [-0.15, -0.1) is 11.3 Å². The third kappa shape index (κ3) is 9.71. The van der Waals surface area contributed by atoms with Crippen LogP contribution in [0.3, 0.4) is 0 Å². The number of methoxy groups -OCH3 is 1. The summed E-state index contributed by atoms with van der Waals surface area (Å²) in [5.41, 5.74) is 6.69. The Morgan fingerprint density at radius 3 is 2.40 bits per heavy atom. The van der Waals surface area contributed by atoms with E-state index in [9.17, 15) is 36.0 Å². The number of ether oxygens (including phenoxy) is 1. The predicted octanol–water partition coefficient (Wildman–Crippen LogP) is 0.657. The SMILES string of the molecule is COC(=O)C[C@H]1C(=O)N(CC(=O)N[C@@H](CCCN=C(N)NS(=O)(=O)c2ccc(C)cc2)C(=O)c2nccs2)CCN1S(=O)(=O)c1ccccc1. The molecule has 2 aromatic carbocycles. The molecule has 19 heteroatoms. The molecule has 1 aliphatic heterocycles. The highest BCUT2D eigenvalue weighted by Crippen LogP contribution is 2.24. The van der Waals surface area contributed by atoms with Crippen molar-refractivity contribution in [2.24, 2.45) is 10.7 Å². The van der Waals surface area contributed by atoms with Gasteiger partial charge in [0.25, 0.3) is 10.0 Å². The number of nitrogens with one attached hydrogen (secondary N) is 2. The number of carbonyl (C=O) groups is 4. The van der Waals surface area contributed by atoms with Gasteiger partial charge < -0.3 is 20.7 Å². The number of piperazine rings is 1. The van der Waals surface area contributed by atoms with Gasteiger partial charge in [-0.3, -0.25) is 24.2 Å². The Hall–Kier alpha value is -4.72. The predicted molar refractivity (Wildman–Crippen MR) is 183 cm³/mol. The lowest BCUT2D eigenvalue weighted by molar-refractivity contribution is -0.149. The zero-order chi connectivity index (χ0) is 36.5. The van der Waals surface area contributed by atoms with Crippen molar-refractivity contribution < 1.29 is 40.8 Å².